The number of hydrogen-bond acceptors (Lipinski definition) is 2. The molecule has 0 aliphatic rings. The third-order valence-electron chi connectivity index (χ3n) is 1.70. The molecule has 1 amide bonds. The summed E-state index contributed by atoms with van der Waals surface area (Å²) in [5.41, 5.74) is 6.06. The van der Waals surface area contributed by atoms with Gasteiger partial charge < -0.3 is 10.5 Å². The lowest BCUT2D eigenvalue weighted by atomic mass is 10.1. The number of carbonyl (C=O) groups excluding carboxylic acids is 1. The Hall–Kier alpha value is -1.51. The van der Waals surface area contributed by atoms with E-state index in [1.165, 1.54) is 5.56 Å². The van der Waals surface area contributed by atoms with Crippen molar-refractivity contribution >= 4 is 6.09 Å². The lowest BCUT2D eigenvalue weighted by Gasteiger charge is -2.01. The molecule has 2 N–H and O–H groups in total. The molecular formula is C10H13NO2. The fourth-order valence-corrected chi connectivity index (χ4v) is 1.09. The Bertz CT molecular complexity index is 259. The molecule has 0 unspecified atom stereocenters. The second kappa shape index (κ2) is 5.19. The summed E-state index contributed by atoms with van der Waals surface area (Å²) in [6.07, 6.45) is 1.02. The van der Waals surface area contributed by atoms with E-state index in [4.69, 9.17) is 5.73 Å². The van der Waals surface area contributed by atoms with Crippen LogP contribution >= 0.6 is 0 Å². The summed E-state index contributed by atoms with van der Waals surface area (Å²) in [5.74, 6) is 0. The van der Waals surface area contributed by atoms with E-state index in [9.17, 15) is 4.79 Å². The van der Waals surface area contributed by atoms with Crippen LogP contribution in [-0.4, -0.2) is 12.7 Å². The number of hydrogen-bond donors (Lipinski definition) is 1. The summed E-state index contributed by atoms with van der Waals surface area (Å²) in [6, 6.07) is 10.0. The van der Waals surface area contributed by atoms with Crippen LogP contribution in [0, 0.1) is 0 Å². The Morgan fingerprint density at radius 3 is 2.62 bits per heavy atom. The molecule has 0 spiro atoms. The highest BCUT2D eigenvalue weighted by Gasteiger charge is 1.94. The van der Waals surface area contributed by atoms with Crippen molar-refractivity contribution in [3.05, 3.63) is 35.9 Å². The summed E-state index contributed by atoms with van der Waals surface area (Å²) in [7, 11) is 0. The number of ether oxygens (including phenoxy) is 1. The van der Waals surface area contributed by atoms with Crippen molar-refractivity contribution in [2.75, 3.05) is 6.61 Å². The Kier molecular flexibility index (Phi) is 3.82. The van der Waals surface area contributed by atoms with Crippen LogP contribution in [0.15, 0.2) is 30.3 Å². The first kappa shape index (κ1) is 9.58. The van der Waals surface area contributed by atoms with Gasteiger partial charge in [0.05, 0.1) is 6.61 Å². The summed E-state index contributed by atoms with van der Waals surface area (Å²) in [6.45, 7) is 0.393. The maximum Gasteiger partial charge on any atom is 0.404 e. The molecule has 13 heavy (non-hydrogen) atoms. The number of primary amides is 1. The highest BCUT2D eigenvalue weighted by atomic mass is 16.5. The zero-order valence-electron chi connectivity index (χ0n) is 7.40. The Labute approximate surface area is 77.5 Å². The molecule has 3 heteroatoms. The molecule has 0 atom stereocenters. The Morgan fingerprint density at radius 1 is 1.31 bits per heavy atom. The monoisotopic (exact) mass is 179 g/mol. The molecule has 1 rings (SSSR count). The molecule has 0 saturated heterocycles. The Balaban J connectivity index is 2.17. The number of rotatable bonds is 4. The molecular weight excluding hydrogens is 166 g/mol. The summed E-state index contributed by atoms with van der Waals surface area (Å²) in [5, 5.41) is 0. The number of nitrogens with two attached hydrogens (primary N) is 1. The van der Waals surface area contributed by atoms with Gasteiger partial charge in [0.2, 0.25) is 0 Å². The van der Waals surface area contributed by atoms with Gasteiger partial charge in [0, 0.05) is 0 Å². The van der Waals surface area contributed by atoms with Gasteiger partial charge in [-0.1, -0.05) is 30.3 Å². The standard InChI is InChI=1S/C10H13NO2/c11-10(12)13-8-4-7-9-5-2-1-3-6-9/h1-3,5-6H,4,7-8H2,(H2,11,12). The van der Waals surface area contributed by atoms with Crippen LogP contribution in [0.1, 0.15) is 12.0 Å². The zero-order valence-corrected chi connectivity index (χ0v) is 7.40. The highest BCUT2D eigenvalue weighted by molar-refractivity contribution is 5.64. The van der Waals surface area contributed by atoms with E-state index in [1.807, 2.05) is 30.3 Å². The first-order chi connectivity index (χ1) is 6.29. The second-order valence-corrected chi connectivity index (χ2v) is 2.76. The van der Waals surface area contributed by atoms with E-state index < -0.39 is 6.09 Å². The fourth-order valence-electron chi connectivity index (χ4n) is 1.09. The molecule has 0 aliphatic carbocycles. The third kappa shape index (κ3) is 4.15. The minimum Gasteiger partial charge on any atom is -0.450 e. The molecule has 70 valence electrons. The molecule has 0 heterocycles. The molecule has 1 aromatic carbocycles. The molecule has 3 nitrogen and oxygen atoms in total. The van der Waals surface area contributed by atoms with Crippen LogP contribution in [0.25, 0.3) is 0 Å². The van der Waals surface area contributed by atoms with Gasteiger partial charge in [0.15, 0.2) is 0 Å². The average Bonchev–Trinajstić information content (AvgIpc) is 2.14. The van der Waals surface area contributed by atoms with Crippen molar-refractivity contribution in [1.29, 1.82) is 0 Å². The normalized spacial score (nSPS) is 9.54. The van der Waals surface area contributed by atoms with Gasteiger partial charge in [-0.3, -0.25) is 0 Å². The number of benzene rings is 1. The van der Waals surface area contributed by atoms with Crippen LogP contribution in [0.3, 0.4) is 0 Å². The van der Waals surface area contributed by atoms with Gasteiger partial charge in [0.25, 0.3) is 0 Å². The van der Waals surface area contributed by atoms with Crippen molar-refractivity contribution < 1.29 is 9.53 Å². The van der Waals surface area contributed by atoms with Crippen LogP contribution in [-0.2, 0) is 11.2 Å². The van der Waals surface area contributed by atoms with Crippen molar-refractivity contribution in [2.45, 2.75) is 12.8 Å². The lowest BCUT2D eigenvalue weighted by molar-refractivity contribution is 0.155. The highest BCUT2D eigenvalue weighted by Crippen LogP contribution is 2.01. The van der Waals surface area contributed by atoms with E-state index in [1.54, 1.807) is 0 Å². The van der Waals surface area contributed by atoms with Crippen molar-refractivity contribution in [2.24, 2.45) is 5.73 Å². The predicted octanol–water partition coefficient (Wildman–Crippen LogP) is 1.71. The largest absolute Gasteiger partial charge is 0.450 e. The van der Waals surface area contributed by atoms with Crippen LogP contribution in [0.5, 0.6) is 0 Å². The van der Waals surface area contributed by atoms with Crippen molar-refractivity contribution in [3.8, 4) is 0 Å². The quantitative estimate of drug-likeness (QED) is 0.715. The minimum absolute atomic E-state index is 0.393. The van der Waals surface area contributed by atoms with E-state index in [0.717, 1.165) is 12.8 Å². The fraction of sp³-hybridized carbons (Fsp3) is 0.300. The van der Waals surface area contributed by atoms with Gasteiger partial charge in [-0.25, -0.2) is 4.79 Å². The zero-order chi connectivity index (χ0) is 9.52. The smallest absolute Gasteiger partial charge is 0.404 e. The predicted molar refractivity (Wildman–Crippen MR) is 50.3 cm³/mol. The maximum atomic E-state index is 10.2. The summed E-state index contributed by atoms with van der Waals surface area (Å²) < 4.78 is 4.60. The molecule has 0 bridgehead atoms. The second-order valence-electron chi connectivity index (χ2n) is 2.76. The van der Waals surface area contributed by atoms with Crippen LogP contribution < -0.4 is 5.73 Å². The SMILES string of the molecule is NC(=O)OCCCc1ccccc1. The molecule has 0 aromatic heterocycles. The molecule has 0 fully saturated rings. The van der Waals surface area contributed by atoms with Gasteiger partial charge >= 0.3 is 6.09 Å². The summed E-state index contributed by atoms with van der Waals surface area (Å²) >= 11 is 0. The van der Waals surface area contributed by atoms with E-state index in [0.29, 0.717) is 6.61 Å². The number of carbonyl (C=O) groups is 1. The topological polar surface area (TPSA) is 52.3 Å². The van der Waals surface area contributed by atoms with E-state index in [2.05, 4.69) is 4.74 Å². The average molecular weight is 179 g/mol. The van der Waals surface area contributed by atoms with Gasteiger partial charge in [-0.2, -0.15) is 0 Å². The minimum atomic E-state index is -0.701. The van der Waals surface area contributed by atoms with Gasteiger partial charge in [-0.15, -0.1) is 0 Å². The molecule has 0 aliphatic heterocycles. The van der Waals surface area contributed by atoms with Crippen molar-refractivity contribution in [1.82, 2.24) is 0 Å². The first-order valence-corrected chi connectivity index (χ1v) is 4.25. The lowest BCUT2D eigenvalue weighted by Crippen LogP contribution is -2.13. The van der Waals surface area contributed by atoms with Gasteiger partial charge in [-0.05, 0) is 18.4 Å². The van der Waals surface area contributed by atoms with Gasteiger partial charge in [0.1, 0.15) is 0 Å². The molecule has 0 saturated carbocycles. The number of aryl methyl sites for hydroxylation is 1. The molecule has 1 aromatic rings. The van der Waals surface area contributed by atoms with E-state index >= 15 is 0 Å². The third-order valence-corrected chi connectivity index (χ3v) is 1.70. The molecule has 0 radical (unpaired) electrons. The van der Waals surface area contributed by atoms with Crippen LogP contribution in [0.2, 0.25) is 0 Å². The van der Waals surface area contributed by atoms with Crippen LogP contribution in [0.4, 0.5) is 4.79 Å². The summed E-state index contributed by atoms with van der Waals surface area (Å²) in [4.78, 5) is 10.2. The first-order valence-electron chi connectivity index (χ1n) is 4.25. The van der Waals surface area contributed by atoms with E-state index in [-0.39, 0.29) is 0 Å². The Morgan fingerprint density at radius 2 is 2.00 bits per heavy atom. The number of amides is 1. The van der Waals surface area contributed by atoms with Crippen molar-refractivity contribution in [3.63, 3.8) is 0 Å². The maximum absolute atomic E-state index is 10.2.